The number of carbonyl (C=O) groups is 1. The van der Waals surface area contributed by atoms with E-state index in [1.807, 2.05) is 59.4 Å². The quantitative estimate of drug-likeness (QED) is 0.579. The van der Waals surface area contributed by atoms with Crippen LogP contribution in [0.3, 0.4) is 0 Å². The van der Waals surface area contributed by atoms with Gasteiger partial charge in [0.05, 0.1) is 0 Å². The van der Waals surface area contributed by atoms with Crippen LogP contribution in [0.4, 0.5) is 0 Å². The Balaban J connectivity index is 2.09. The minimum absolute atomic E-state index is 0.142. The first-order valence-electron chi connectivity index (χ1n) is 5.86. The summed E-state index contributed by atoms with van der Waals surface area (Å²) < 4.78 is 1.88. The maximum atomic E-state index is 12.0. The average Bonchev–Trinajstić information content (AvgIpc) is 2.40. The highest BCUT2D eigenvalue weighted by molar-refractivity contribution is 5.95. The van der Waals surface area contributed by atoms with E-state index in [4.69, 9.17) is 0 Å². The zero-order valence-electron chi connectivity index (χ0n) is 9.97. The Morgan fingerprint density at radius 1 is 1.06 bits per heavy atom. The lowest BCUT2D eigenvalue weighted by molar-refractivity contribution is -0.683. The van der Waals surface area contributed by atoms with Gasteiger partial charge in [-0.05, 0) is 12.0 Å². The third kappa shape index (κ3) is 3.00. The van der Waals surface area contributed by atoms with Gasteiger partial charge in [-0.2, -0.15) is 4.57 Å². The monoisotopic (exact) mass is 226 g/mol. The Labute approximate surface area is 102 Å². The fraction of sp³-hybridized carbons (Fsp3) is 0.200. The van der Waals surface area contributed by atoms with Crippen molar-refractivity contribution in [3.63, 3.8) is 0 Å². The topological polar surface area (TPSA) is 20.9 Å². The highest BCUT2D eigenvalue weighted by Crippen LogP contribution is 2.05. The summed E-state index contributed by atoms with van der Waals surface area (Å²) >= 11 is 0. The molecule has 86 valence electrons. The SMILES string of the molecule is CCc1ccc(C(=O)C[n+]2ccccc2)cc1. The largest absolute Gasteiger partial charge is 0.287 e. The summed E-state index contributed by atoms with van der Waals surface area (Å²) in [7, 11) is 0. The molecule has 0 aliphatic heterocycles. The van der Waals surface area contributed by atoms with E-state index < -0.39 is 0 Å². The fourth-order valence-corrected chi connectivity index (χ4v) is 1.72. The molecule has 0 aliphatic carbocycles. The van der Waals surface area contributed by atoms with Crippen LogP contribution in [0.25, 0.3) is 0 Å². The minimum atomic E-state index is 0.142. The van der Waals surface area contributed by atoms with Crippen molar-refractivity contribution in [2.24, 2.45) is 0 Å². The van der Waals surface area contributed by atoms with E-state index in [1.165, 1.54) is 5.56 Å². The van der Waals surface area contributed by atoms with Crippen molar-refractivity contribution in [3.05, 3.63) is 66.0 Å². The molecule has 1 aromatic carbocycles. The molecule has 0 fully saturated rings. The summed E-state index contributed by atoms with van der Waals surface area (Å²) in [4.78, 5) is 12.0. The van der Waals surface area contributed by atoms with Gasteiger partial charge >= 0.3 is 0 Å². The van der Waals surface area contributed by atoms with Crippen molar-refractivity contribution in [1.29, 1.82) is 0 Å². The van der Waals surface area contributed by atoms with Gasteiger partial charge in [-0.15, -0.1) is 0 Å². The number of aromatic nitrogens is 1. The van der Waals surface area contributed by atoms with Gasteiger partial charge in [0.25, 0.3) is 0 Å². The maximum Gasteiger partial charge on any atom is 0.227 e. The number of rotatable bonds is 4. The molecule has 0 unspecified atom stereocenters. The van der Waals surface area contributed by atoms with Gasteiger partial charge in [0.2, 0.25) is 12.3 Å². The van der Waals surface area contributed by atoms with Crippen molar-refractivity contribution in [2.45, 2.75) is 19.9 Å². The van der Waals surface area contributed by atoms with Crippen LogP contribution in [-0.2, 0) is 13.0 Å². The molecule has 0 saturated heterocycles. The second kappa shape index (κ2) is 5.39. The molecule has 1 heterocycles. The number of benzene rings is 1. The Morgan fingerprint density at radius 3 is 2.29 bits per heavy atom. The van der Waals surface area contributed by atoms with Crippen LogP contribution in [0, 0.1) is 0 Å². The fourth-order valence-electron chi connectivity index (χ4n) is 1.72. The van der Waals surface area contributed by atoms with Crippen molar-refractivity contribution in [1.82, 2.24) is 0 Å². The molecule has 0 bridgehead atoms. The zero-order valence-corrected chi connectivity index (χ0v) is 9.97. The van der Waals surface area contributed by atoms with Crippen molar-refractivity contribution in [2.75, 3.05) is 0 Å². The van der Waals surface area contributed by atoms with Crippen LogP contribution in [0.5, 0.6) is 0 Å². The number of hydrogen-bond donors (Lipinski definition) is 0. The summed E-state index contributed by atoms with van der Waals surface area (Å²) in [6, 6.07) is 13.6. The normalized spacial score (nSPS) is 10.2. The maximum absolute atomic E-state index is 12.0. The second-order valence-corrected chi connectivity index (χ2v) is 4.02. The lowest BCUT2D eigenvalue weighted by Crippen LogP contribution is -2.36. The first-order chi connectivity index (χ1) is 8.29. The van der Waals surface area contributed by atoms with Crippen LogP contribution in [-0.4, -0.2) is 5.78 Å². The molecule has 0 N–H and O–H groups in total. The van der Waals surface area contributed by atoms with E-state index in [9.17, 15) is 4.79 Å². The van der Waals surface area contributed by atoms with Gasteiger partial charge < -0.3 is 0 Å². The Morgan fingerprint density at radius 2 is 1.71 bits per heavy atom. The number of nitrogens with zero attached hydrogens (tertiary/aromatic N) is 1. The summed E-state index contributed by atoms with van der Waals surface area (Å²) in [5.41, 5.74) is 2.03. The van der Waals surface area contributed by atoms with Crippen molar-refractivity contribution >= 4 is 5.78 Å². The Hall–Kier alpha value is -1.96. The third-order valence-corrected chi connectivity index (χ3v) is 2.79. The molecule has 2 aromatic rings. The number of ketones is 1. The summed E-state index contributed by atoms with van der Waals surface area (Å²) in [6.45, 7) is 2.50. The van der Waals surface area contributed by atoms with E-state index in [1.54, 1.807) is 0 Å². The second-order valence-electron chi connectivity index (χ2n) is 4.02. The molecule has 1 aromatic heterocycles. The molecule has 0 saturated carbocycles. The van der Waals surface area contributed by atoms with E-state index in [0.29, 0.717) is 6.54 Å². The van der Waals surface area contributed by atoms with Gasteiger partial charge in [-0.3, -0.25) is 4.79 Å². The smallest absolute Gasteiger partial charge is 0.227 e. The van der Waals surface area contributed by atoms with Crippen LogP contribution >= 0.6 is 0 Å². The van der Waals surface area contributed by atoms with Crippen LogP contribution in [0.2, 0.25) is 0 Å². The number of hydrogen-bond acceptors (Lipinski definition) is 1. The highest BCUT2D eigenvalue weighted by atomic mass is 16.1. The predicted octanol–water partition coefficient (Wildman–Crippen LogP) is 2.42. The van der Waals surface area contributed by atoms with Gasteiger partial charge in [-0.25, -0.2) is 0 Å². The molecule has 2 heteroatoms. The van der Waals surface area contributed by atoms with E-state index >= 15 is 0 Å². The van der Waals surface area contributed by atoms with Gasteiger partial charge in [0.1, 0.15) is 0 Å². The molecular formula is C15H16NO+. The standard InChI is InChI=1S/C15H16NO/c1-2-13-6-8-14(9-7-13)15(17)12-16-10-4-3-5-11-16/h3-11H,2,12H2,1H3/q+1. The molecule has 0 atom stereocenters. The molecule has 2 rings (SSSR count). The lowest BCUT2D eigenvalue weighted by Gasteiger charge is -2.00. The van der Waals surface area contributed by atoms with Gasteiger partial charge in [-0.1, -0.05) is 37.3 Å². The summed E-state index contributed by atoms with van der Waals surface area (Å²) in [5.74, 6) is 0.142. The zero-order chi connectivity index (χ0) is 12.1. The van der Waals surface area contributed by atoms with E-state index in [-0.39, 0.29) is 5.78 Å². The van der Waals surface area contributed by atoms with Crippen LogP contribution in [0.15, 0.2) is 54.9 Å². The highest BCUT2D eigenvalue weighted by Gasteiger charge is 2.10. The number of pyridine rings is 1. The van der Waals surface area contributed by atoms with Crippen molar-refractivity contribution in [3.8, 4) is 0 Å². The van der Waals surface area contributed by atoms with E-state index in [2.05, 4.69) is 6.92 Å². The van der Waals surface area contributed by atoms with Crippen molar-refractivity contribution < 1.29 is 9.36 Å². The first kappa shape index (κ1) is 11.5. The molecule has 0 radical (unpaired) electrons. The number of carbonyl (C=O) groups excluding carboxylic acids is 1. The molecule has 0 spiro atoms. The molecular weight excluding hydrogens is 210 g/mol. The average molecular weight is 226 g/mol. The minimum Gasteiger partial charge on any atom is -0.287 e. The number of Topliss-reactive ketones (excluding diaryl/α,β-unsaturated/α-hetero) is 1. The summed E-state index contributed by atoms with van der Waals surface area (Å²) in [6.07, 6.45) is 4.80. The van der Waals surface area contributed by atoms with Crippen LogP contribution < -0.4 is 4.57 Å². The Bertz CT molecular complexity index is 488. The van der Waals surface area contributed by atoms with Gasteiger partial charge in [0.15, 0.2) is 12.4 Å². The number of aryl methyl sites for hydroxylation is 1. The lowest BCUT2D eigenvalue weighted by atomic mass is 10.1. The molecule has 17 heavy (non-hydrogen) atoms. The third-order valence-electron chi connectivity index (χ3n) is 2.79. The molecule has 2 nitrogen and oxygen atoms in total. The molecule has 0 aliphatic rings. The van der Waals surface area contributed by atoms with E-state index in [0.717, 1.165) is 12.0 Å². The van der Waals surface area contributed by atoms with Gasteiger partial charge in [0, 0.05) is 17.7 Å². The first-order valence-corrected chi connectivity index (χ1v) is 5.86. The Kier molecular flexibility index (Phi) is 3.66. The predicted molar refractivity (Wildman–Crippen MR) is 66.8 cm³/mol. The molecule has 0 amide bonds. The summed E-state index contributed by atoms with van der Waals surface area (Å²) in [5, 5.41) is 0. The van der Waals surface area contributed by atoms with Crippen LogP contribution in [0.1, 0.15) is 22.8 Å².